The Balaban J connectivity index is 1.66. The molecule has 3 aromatic heterocycles. The fourth-order valence-electron chi connectivity index (χ4n) is 1.74. The third-order valence-electron chi connectivity index (χ3n) is 2.61. The molecular formula is C13H12N4O3S. The zero-order chi connectivity index (χ0) is 14.7. The second kappa shape index (κ2) is 5.96. The third-order valence-corrected chi connectivity index (χ3v) is 3.47. The van der Waals surface area contributed by atoms with Crippen molar-refractivity contribution in [1.82, 2.24) is 19.6 Å². The average Bonchev–Trinajstić information content (AvgIpc) is 3.11. The summed E-state index contributed by atoms with van der Waals surface area (Å²) in [5.74, 6) is -0.162. The Kier molecular flexibility index (Phi) is 3.87. The molecule has 3 rings (SSSR count). The summed E-state index contributed by atoms with van der Waals surface area (Å²) in [6.07, 6.45) is 3.87. The van der Waals surface area contributed by atoms with Gasteiger partial charge in [0.15, 0.2) is 0 Å². The van der Waals surface area contributed by atoms with Gasteiger partial charge in [-0.25, -0.2) is 9.78 Å². The summed E-state index contributed by atoms with van der Waals surface area (Å²) < 4.78 is 11.9. The molecule has 0 aliphatic carbocycles. The minimum Gasteiger partial charge on any atom is -0.459 e. The predicted molar refractivity (Wildman–Crippen MR) is 75.0 cm³/mol. The van der Waals surface area contributed by atoms with Crippen molar-refractivity contribution >= 4 is 23.4 Å². The van der Waals surface area contributed by atoms with Crippen LogP contribution in [0.3, 0.4) is 0 Å². The van der Waals surface area contributed by atoms with Crippen LogP contribution in [-0.2, 0) is 10.5 Å². The molecule has 108 valence electrons. The van der Waals surface area contributed by atoms with Gasteiger partial charge in [0.2, 0.25) is 0 Å². The minimum atomic E-state index is -0.607. The molecule has 0 N–H and O–H groups in total. The highest BCUT2D eigenvalue weighted by Crippen LogP contribution is 2.21. The maximum absolute atomic E-state index is 11.4. The van der Waals surface area contributed by atoms with E-state index in [0.29, 0.717) is 11.0 Å². The van der Waals surface area contributed by atoms with Crippen molar-refractivity contribution in [2.24, 2.45) is 0 Å². The molecule has 0 aliphatic heterocycles. The predicted octanol–water partition coefficient (Wildman–Crippen LogP) is 2.19. The molecular weight excluding hydrogens is 292 g/mol. The lowest BCUT2D eigenvalue weighted by atomic mass is 10.5. The molecule has 0 spiro atoms. The maximum atomic E-state index is 11.4. The topological polar surface area (TPSA) is 82.5 Å². The number of esters is 1. The summed E-state index contributed by atoms with van der Waals surface area (Å²) in [5.41, 5.74) is 1.77. The molecule has 7 nitrogen and oxygen atoms in total. The lowest BCUT2D eigenvalue weighted by Crippen LogP contribution is -2.04. The standard InChI is InChI=1S/C13H12N4O3S/c1-2-19-12(18)11-15-16-13(20-11)21-8-9-7-17-6-4-3-5-10(17)14-9/h3-7H,2,8H2,1H3. The summed E-state index contributed by atoms with van der Waals surface area (Å²) in [7, 11) is 0. The fraction of sp³-hybridized carbons (Fsp3) is 0.231. The molecule has 0 saturated carbocycles. The van der Waals surface area contributed by atoms with Crippen LogP contribution in [0.25, 0.3) is 5.65 Å². The Morgan fingerprint density at radius 2 is 2.33 bits per heavy atom. The van der Waals surface area contributed by atoms with Gasteiger partial charge >= 0.3 is 11.9 Å². The molecule has 0 amide bonds. The van der Waals surface area contributed by atoms with E-state index in [-0.39, 0.29) is 12.5 Å². The van der Waals surface area contributed by atoms with Crippen LogP contribution in [0, 0.1) is 0 Å². The van der Waals surface area contributed by atoms with E-state index in [0.717, 1.165) is 11.3 Å². The fourth-order valence-corrected chi connectivity index (χ4v) is 2.38. The number of aromatic nitrogens is 4. The zero-order valence-electron chi connectivity index (χ0n) is 11.2. The van der Waals surface area contributed by atoms with Crippen LogP contribution >= 0.6 is 11.8 Å². The smallest absolute Gasteiger partial charge is 0.396 e. The van der Waals surface area contributed by atoms with Gasteiger partial charge in [-0.05, 0) is 19.1 Å². The van der Waals surface area contributed by atoms with Crippen LogP contribution in [-0.4, -0.2) is 32.2 Å². The molecule has 21 heavy (non-hydrogen) atoms. The van der Waals surface area contributed by atoms with Gasteiger partial charge < -0.3 is 13.6 Å². The normalized spacial score (nSPS) is 10.9. The van der Waals surface area contributed by atoms with Gasteiger partial charge in [-0.15, -0.1) is 5.10 Å². The van der Waals surface area contributed by atoms with Crippen molar-refractivity contribution in [3.05, 3.63) is 42.2 Å². The molecule has 0 fully saturated rings. The van der Waals surface area contributed by atoms with Crippen LogP contribution in [0.1, 0.15) is 23.3 Å². The SMILES string of the molecule is CCOC(=O)c1nnc(SCc2cn3ccccc3n2)o1. The number of carbonyl (C=O) groups excluding carboxylic acids is 1. The second-order valence-corrected chi connectivity index (χ2v) is 5.01. The Morgan fingerprint density at radius 1 is 1.43 bits per heavy atom. The van der Waals surface area contributed by atoms with E-state index in [2.05, 4.69) is 15.2 Å². The number of nitrogens with zero attached hydrogens (tertiary/aromatic N) is 4. The zero-order valence-corrected chi connectivity index (χ0v) is 12.0. The van der Waals surface area contributed by atoms with Crippen molar-refractivity contribution in [3.8, 4) is 0 Å². The molecule has 3 aromatic rings. The second-order valence-electron chi connectivity index (χ2n) is 4.08. The molecule has 0 unspecified atom stereocenters. The lowest BCUT2D eigenvalue weighted by Gasteiger charge is -1.94. The van der Waals surface area contributed by atoms with E-state index < -0.39 is 5.97 Å². The first kappa shape index (κ1) is 13.6. The van der Waals surface area contributed by atoms with E-state index >= 15 is 0 Å². The number of hydrogen-bond acceptors (Lipinski definition) is 7. The summed E-state index contributed by atoms with van der Waals surface area (Å²) in [4.78, 5) is 15.9. The van der Waals surface area contributed by atoms with Crippen molar-refractivity contribution in [1.29, 1.82) is 0 Å². The van der Waals surface area contributed by atoms with E-state index in [1.165, 1.54) is 11.8 Å². The maximum Gasteiger partial charge on any atom is 0.396 e. The van der Waals surface area contributed by atoms with Gasteiger partial charge in [0, 0.05) is 18.1 Å². The van der Waals surface area contributed by atoms with Crippen LogP contribution in [0.15, 0.2) is 40.2 Å². The van der Waals surface area contributed by atoms with E-state index in [4.69, 9.17) is 9.15 Å². The summed E-state index contributed by atoms with van der Waals surface area (Å²) in [6, 6.07) is 5.80. The highest BCUT2D eigenvalue weighted by atomic mass is 32.2. The van der Waals surface area contributed by atoms with E-state index in [1.807, 2.05) is 35.0 Å². The van der Waals surface area contributed by atoms with Crippen molar-refractivity contribution < 1.29 is 13.9 Å². The number of fused-ring (bicyclic) bond motifs is 1. The summed E-state index contributed by atoms with van der Waals surface area (Å²) >= 11 is 1.32. The number of carbonyl (C=O) groups is 1. The molecule has 0 bridgehead atoms. The largest absolute Gasteiger partial charge is 0.459 e. The Labute approximate surface area is 124 Å². The number of rotatable bonds is 5. The Hall–Kier alpha value is -2.35. The molecule has 8 heteroatoms. The molecule has 0 atom stereocenters. The van der Waals surface area contributed by atoms with Gasteiger partial charge in [0.25, 0.3) is 5.22 Å². The lowest BCUT2D eigenvalue weighted by molar-refractivity contribution is 0.0475. The Bertz CT molecular complexity index is 734. The highest BCUT2D eigenvalue weighted by molar-refractivity contribution is 7.98. The monoisotopic (exact) mass is 304 g/mol. The summed E-state index contributed by atoms with van der Waals surface area (Å²) in [6.45, 7) is 1.98. The average molecular weight is 304 g/mol. The number of ether oxygens (including phenoxy) is 1. The highest BCUT2D eigenvalue weighted by Gasteiger charge is 2.16. The Morgan fingerprint density at radius 3 is 3.14 bits per heavy atom. The van der Waals surface area contributed by atoms with E-state index in [9.17, 15) is 4.79 Å². The number of imidazole rings is 1. The molecule has 0 radical (unpaired) electrons. The number of pyridine rings is 1. The van der Waals surface area contributed by atoms with Gasteiger partial charge in [0.1, 0.15) is 5.65 Å². The van der Waals surface area contributed by atoms with Crippen LogP contribution in [0.4, 0.5) is 0 Å². The quantitative estimate of drug-likeness (QED) is 0.527. The van der Waals surface area contributed by atoms with Crippen molar-refractivity contribution in [3.63, 3.8) is 0 Å². The minimum absolute atomic E-state index is 0.130. The van der Waals surface area contributed by atoms with Gasteiger partial charge in [-0.1, -0.05) is 22.9 Å². The molecule has 0 aliphatic rings. The van der Waals surface area contributed by atoms with Gasteiger partial charge in [0.05, 0.1) is 12.3 Å². The number of thioether (sulfide) groups is 1. The molecule has 0 saturated heterocycles. The van der Waals surface area contributed by atoms with Crippen molar-refractivity contribution in [2.75, 3.05) is 6.61 Å². The third kappa shape index (κ3) is 3.05. The summed E-state index contributed by atoms with van der Waals surface area (Å²) in [5, 5.41) is 7.77. The van der Waals surface area contributed by atoms with Crippen LogP contribution in [0.5, 0.6) is 0 Å². The van der Waals surface area contributed by atoms with Crippen LogP contribution in [0.2, 0.25) is 0 Å². The van der Waals surface area contributed by atoms with Crippen molar-refractivity contribution in [2.45, 2.75) is 17.9 Å². The van der Waals surface area contributed by atoms with Crippen LogP contribution < -0.4 is 0 Å². The first-order valence-corrected chi connectivity index (χ1v) is 7.31. The molecule has 3 heterocycles. The number of hydrogen-bond donors (Lipinski definition) is 0. The first-order chi connectivity index (χ1) is 10.3. The molecule has 0 aromatic carbocycles. The van der Waals surface area contributed by atoms with Gasteiger partial charge in [-0.2, -0.15) is 0 Å². The van der Waals surface area contributed by atoms with Gasteiger partial charge in [-0.3, -0.25) is 0 Å². The first-order valence-electron chi connectivity index (χ1n) is 6.32. The van der Waals surface area contributed by atoms with E-state index in [1.54, 1.807) is 6.92 Å².